The zero-order chi connectivity index (χ0) is 19.6. The lowest BCUT2D eigenvalue weighted by atomic mass is 9.66. The molecule has 146 valence electrons. The number of halogens is 3. The van der Waals surface area contributed by atoms with Gasteiger partial charge < -0.3 is 10.0 Å². The summed E-state index contributed by atoms with van der Waals surface area (Å²) in [5, 5.41) is 13.4. The fraction of sp³-hybridized carbons (Fsp3) is 0.455. The summed E-state index contributed by atoms with van der Waals surface area (Å²) in [4.78, 5) is 2.14. The number of rotatable bonds is 5. The number of hydrogen-bond donors (Lipinski definition) is 1. The van der Waals surface area contributed by atoms with Crippen LogP contribution in [-0.2, 0) is 12.0 Å². The molecule has 1 fully saturated rings. The molecule has 0 amide bonds. The van der Waals surface area contributed by atoms with E-state index in [2.05, 4.69) is 17.0 Å². The van der Waals surface area contributed by atoms with Crippen LogP contribution in [-0.4, -0.2) is 30.6 Å². The number of hydrogen-bond acceptors (Lipinski definition) is 2. The molecule has 1 saturated carbocycles. The molecular formula is C22H26Cl3NO. The van der Waals surface area contributed by atoms with Gasteiger partial charge in [0.2, 0.25) is 0 Å². The van der Waals surface area contributed by atoms with E-state index in [0.717, 1.165) is 36.4 Å². The zero-order valence-corrected chi connectivity index (χ0v) is 18.0. The van der Waals surface area contributed by atoms with Crippen LogP contribution < -0.4 is 0 Å². The van der Waals surface area contributed by atoms with E-state index in [0.29, 0.717) is 22.4 Å². The largest absolute Gasteiger partial charge is 0.385 e. The molecule has 5 heteroatoms. The average molecular weight is 427 g/mol. The van der Waals surface area contributed by atoms with Gasteiger partial charge in [-0.3, -0.25) is 0 Å². The van der Waals surface area contributed by atoms with Crippen molar-refractivity contribution in [1.82, 2.24) is 4.90 Å². The quantitative estimate of drug-likeness (QED) is 0.628. The summed E-state index contributed by atoms with van der Waals surface area (Å²) in [7, 11) is 4.09. The average Bonchev–Trinajstić information content (AvgIpc) is 2.62. The second-order valence-electron chi connectivity index (χ2n) is 7.96. The van der Waals surface area contributed by atoms with Gasteiger partial charge in [-0.25, -0.2) is 0 Å². The molecule has 0 bridgehead atoms. The minimum absolute atomic E-state index is 0.0921. The Morgan fingerprint density at radius 3 is 2.44 bits per heavy atom. The molecular weight excluding hydrogens is 401 g/mol. The minimum atomic E-state index is -0.956. The third-order valence-electron chi connectivity index (χ3n) is 5.67. The van der Waals surface area contributed by atoms with Crippen LogP contribution in [0.1, 0.15) is 30.4 Å². The molecule has 0 aromatic heterocycles. The summed E-state index contributed by atoms with van der Waals surface area (Å²) in [6, 6.07) is 13.6. The van der Waals surface area contributed by atoms with E-state index >= 15 is 0 Å². The van der Waals surface area contributed by atoms with E-state index in [4.69, 9.17) is 34.8 Å². The van der Waals surface area contributed by atoms with Gasteiger partial charge in [0.15, 0.2) is 0 Å². The topological polar surface area (TPSA) is 23.5 Å². The molecule has 1 aliphatic carbocycles. The van der Waals surface area contributed by atoms with Crippen LogP contribution >= 0.6 is 34.8 Å². The lowest BCUT2D eigenvalue weighted by Crippen LogP contribution is -2.45. The summed E-state index contributed by atoms with van der Waals surface area (Å²) in [5.41, 5.74) is 1.09. The molecule has 2 aromatic carbocycles. The lowest BCUT2D eigenvalue weighted by Gasteiger charge is -2.45. The van der Waals surface area contributed by atoms with Crippen molar-refractivity contribution in [3.63, 3.8) is 0 Å². The summed E-state index contributed by atoms with van der Waals surface area (Å²) in [6.45, 7) is 0.802. The number of aliphatic hydroxyl groups is 1. The summed E-state index contributed by atoms with van der Waals surface area (Å²) < 4.78 is 0. The van der Waals surface area contributed by atoms with Crippen molar-refractivity contribution < 1.29 is 5.11 Å². The van der Waals surface area contributed by atoms with Crippen molar-refractivity contribution in [1.29, 1.82) is 0 Å². The fourth-order valence-corrected chi connectivity index (χ4v) is 4.93. The predicted octanol–water partition coefficient (Wildman–Crippen LogP) is 6.06. The van der Waals surface area contributed by atoms with Crippen molar-refractivity contribution >= 4 is 34.8 Å². The molecule has 1 aliphatic rings. The summed E-state index contributed by atoms with van der Waals surface area (Å²) in [6.07, 6.45) is 3.58. The van der Waals surface area contributed by atoms with Gasteiger partial charge in [0.05, 0.1) is 15.6 Å². The van der Waals surface area contributed by atoms with Gasteiger partial charge in [0.25, 0.3) is 0 Å². The summed E-state index contributed by atoms with van der Waals surface area (Å²) >= 11 is 18.7. The highest BCUT2D eigenvalue weighted by atomic mass is 35.5. The maximum absolute atomic E-state index is 11.7. The third kappa shape index (κ3) is 4.81. The molecule has 0 aliphatic heterocycles. The van der Waals surface area contributed by atoms with E-state index in [1.807, 2.05) is 38.4 Å². The van der Waals surface area contributed by atoms with Crippen LogP contribution in [0.25, 0.3) is 0 Å². The molecule has 0 radical (unpaired) electrons. The first-order valence-electron chi connectivity index (χ1n) is 9.35. The Morgan fingerprint density at radius 1 is 1.07 bits per heavy atom. The standard InChI is InChI=1S/C22H26Cl3NO/c1-26(2)14-17-13-16(12-15-6-8-18(23)9-7-15)10-11-22(17,27)19-4-3-5-20(24)21(19)25/h3-9,16-17,27H,10-14H2,1-2H3. The molecule has 0 spiro atoms. The van der Waals surface area contributed by atoms with E-state index in [1.165, 1.54) is 5.56 Å². The highest BCUT2D eigenvalue weighted by Crippen LogP contribution is 2.48. The molecule has 27 heavy (non-hydrogen) atoms. The van der Waals surface area contributed by atoms with Gasteiger partial charge >= 0.3 is 0 Å². The highest BCUT2D eigenvalue weighted by molar-refractivity contribution is 6.42. The molecule has 1 N–H and O–H groups in total. The van der Waals surface area contributed by atoms with E-state index in [1.54, 1.807) is 6.07 Å². The van der Waals surface area contributed by atoms with E-state index < -0.39 is 5.60 Å². The van der Waals surface area contributed by atoms with Crippen LogP contribution in [0.2, 0.25) is 15.1 Å². The van der Waals surface area contributed by atoms with Crippen LogP contribution in [0.5, 0.6) is 0 Å². The maximum Gasteiger partial charge on any atom is 0.0951 e. The first-order chi connectivity index (χ1) is 12.8. The van der Waals surface area contributed by atoms with Crippen molar-refractivity contribution in [3.05, 3.63) is 68.7 Å². The van der Waals surface area contributed by atoms with Gasteiger partial charge in [-0.1, -0.05) is 59.1 Å². The predicted molar refractivity (Wildman–Crippen MR) is 115 cm³/mol. The minimum Gasteiger partial charge on any atom is -0.385 e. The van der Waals surface area contributed by atoms with Gasteiger partial charge in [0.1, 0.15) is 0 Å². The van der Waals surface area contributed by atoms with Crippen molar-refractivity contribution in [2.24, 2.45) is 11.8 Å². The first-order valence-corrected chi connectivity index (χ1v) is 10.5. The van der Waals surface area contributed by atoms with Crippen LogP contribution in [0.3, 0.4) is 0 Å². The normalized spacial score (nSPS) is 25.7. The monoisotopic (exact) mass is 425 g/mol. The van der Waals surface area contributed by atoms with Gasteiger partial charge in [0, 0.05) is 23.0 Å². The number of benzene rings is 2. The Morgan fingerprint density at radius 2 is 1.78 bits per heavy atom. The molecule has 3 rings (SSSR count). The Labute approximate surface area is 177 Å². The van der Waals surface area contributed by atoms with Gasteiger partial charge in [-0.2, -0.15) is 0 Å². The van der Waals surface area contributed by atoms with Crippen molar-refractivity contribution in [2.45, 2.75) is 31.3 Å². The fourth-order valence-electron chi connectivity index (χ4n) is 4.34. The van der Waals surface area contributed by atoms with Crippen LogP contribution in [0.4, 0.5) is 0 Å². The van der Waals surface area contributed by atoms with Crippen molar-refractivity contribution in [3.8, 4) is 0 Å². The lowest BCUT2D eigenvalue weighted by molar-refractivity contribution is -0.0751. The smallest absolute Gasteiger partial charge is 0.0951 e. The Kier molecular flexibility index (Phi) is 6.76. The highest BCUT2D eigenvalue weighted by Gasteiger charge is 2.44. The third-order valence-corrected chi connectivity index (χ3v) is 6.74. The van der Waals surface area contributed by atoms with Crippen LogP contribution in [0.15, 0.2) is 42.5 Å². The molecule has 3 atom stereocenters. The Balaban J connectivity index is 1.84. The molecule has 3 unspecified atom stereocenters. The number of nitrogens with zero attached hydrogens (tertiary/aromatic N) is 1. The van der Waals surface area contributed by atoms with Crippen molar-refractivity contribution in [2.75, 3.05) is 20.6 Å². The maximum atomic E-state index is 11.7. The zero-order valence-electron chi connectivity index (χ0n) is 15.8. The first kappa shape index (κ1) is 21.0. The van der Waals surface area contributed by atoms with E-state index in [-0.39, 0.29) is 5.92 Å². The molecule has 2 aromatic rings. The van der Waals surface area contributed by atoms with Crippen LogP contribution in [0, 0.1) is 11.8 Å². The Bertz CT molecular complexity index is 778. The molecule has 2 nitrogen and oxygen atoms in total. The van der Waals surface area contributed by atoms with Gasteiger partial charge in [-0.15, -0.1) is 0 Å². The second kappa shape index (κ2) is 8.71. The SMILES string of the molecule is CN(C)CC1CC(Cc2ccc(Cl)cc2)CCC1(O)c1cccc(Cl)c1Cl. The Hall–Kier alpha value is -0.770. The summed E-state index contributed by atoms with van der Waals surface area (Å²) in [5.74, 6) is 0.615. The molecule has 0 heterocycles. The molecule has 0 saturated heterocycles. The van der Waals surface area contributed by atoms with Gasteiger partial charge in [-0.05, 0) is 69.5 Å². The van der Waals surface area contributed by atoms with E-state index in [9.17, 15) is 5.11 Å². The second-order valence-corrected chi connectivity index (χ2v) is 9.18.